The number of ether oxygens (including phenoxy) is 2. The molecule has 0 saturated heterocycles. The van der Waals surface area contributed by atoms with E-state index in [2.05, 4.69) is 4.72 Å². The fraction of sp³-hybridized carbons (Fsp3) is 0.188. The van der Waals surface area contributed by atoms with E-state index in [1.54, 1.807) is 42.5 Å². The molecule has 0 fully saturated rings. The molecule has 2 N–H and O–H groups in total. The topological polar surface area (TPSA) is 153 Å². The summed E-state index contributed by atoms with van der Waals surface area (Å²) in [7, 11) is -2.59. The summed E-state index contributed by atoms with van der Waals surface area (Å²) in [5.41, 5.74) is 1.91. The van der Waals surface area contributed by atoms with E-state index in [-0.39, 0.29) is 27.6 Å². The Balaban J connectivity index is 0.000000257. The third-order valence-corrected chi connectivity index (χ3v) is 9.15. The first-order valence-corrected chi connectivity index (χ1v) is 17.5. The van der Waals surface area contributed by atoms with Crippen molar-refractivity contribution in [3.63, 3.8) is 0 Å². The van der Waals surface area contributed by atoms with Gasteiger partial charge in [0.15, 0.2) is 0 Å². The highest BCUT2D eigenvalue weighted by molar-refractivity contribution is 8.13. The van der Waals surface area contributed by atoms with Gasteiger partial charge in [0.05, 0.1) is 12.5 Å². The van der Waals surface area contributed by atoms with Gasteiger partial charge in [-0.15, -0.1) is 0 Å². The van der Waals surface area contributed by atoms with Gasteiger partial charge in [0.1, 0.15) is 39.1 Å². The first kappa shape index (κ1) is 35.3. The number of aldehydes is 1. The molecule has 4 aromatic carbocycles. The van der Waals surface area contributed by atoms with Crippen LogP contribution in [-0.2, 0) is 41.5 Å². The van der Waals surface area contributed by atoms with Crippen molar-refractivity contribution in [2.24, 2.45) is 0 Å². The number of nitrogens with one attached hydrogen (secondary N) is 1. The Bertz CT molecular complexity index is 1840. The molecule has 0 aliphatic heterocycles. The average molecular weight is 674 g/mol. The Hall–Kier alpha value is -4.23. The van der Waals surface area contributed by atoms with Crippen LogP contribution >= 0.6 is 10.7 Å². The third-order valence-electron chi connectivity index (χ3n) is 6.26. The standard InChI is InChI=1S/C18H19NO6S.C14H13ClO3S/c1-2-13-7-3-4-8-15(13)25-16-9-5-6-10-17(16)26(23,24)19-14(12-20)11-18(21)22;1-2-11-7-3-4-8-12(11)18-13-9-5-6-10-14(13)19(15,16)17/h3-10,12,14,19H,2,11H2,1H3,(H,21,22);3-10H,2H2,1H3. The van der Waals surface area contributed by atoms with Gasteiger partial charge in [0.25, 0.3) is 9.05 Å². The molecule has 0 radical (unpaired) electrons. The third kappa shape index (κ3) is 10.1. The molecule has 0 spiro atoms. The van der Waals surface area contributed by atoms with Gasteiger partial charge >= 0.3 is 5.97 Å². The van der Waals surface area contributed by atoms with Crippen LogP contribution in [0.25, 0.3) is 0 Å². The van der Waals surface area contributed by atoms with Gasteiger partial charge < -0.3 is 19.4 Å². The zero-order valence-corrected chi connectivity index (χ0v) is 26.8. The Labute approximate surface area is 267 Å². The minimum atomic E-state index is -4.16. The zero-order valence-electron chi connectivity index (χ0n) is 24.4. The highest BCUT2D eigenvalue weighted by Gasteiger charge is 2.25. The van der Waals surface area contributed by atoms with Gasteiger partial charge in [-0.2, -0.15) is 0 Å². The van der Waals surface area contributed by atoms with Gasteiger partial charge in [-0.1, -0.05) is 74.5 Å². The van der Waals surface area contributed by atoms with E-state index in [1.807, 2.05) is 44.2 Å². The second-order valence-electron chi connectivity index (χ2n) is 9.42. The van der Waals surface area contributed by atoms with Crippen molar-refractivity contribution >= 4 is 42.0 Å². The number of carboxylic acid groups (broad SMARTS) is 1. The maximum atomic E-state index is 12.6. The quantitative estimate of drug-likeness (QED) is 0.122. The van der Waals surface area contributed by atoms with Crippen LogP contribution in [0, 0.1) is 0 Å². The highest BCUT2D eigenvalue weighted by Crippen LogP contribution is 2.33. The van der Waals surface area contributed by atoms with Crippen LogP contribution < -0.4 is 14.2 Å². The second kappa shape index (κ2) is 16.2. The Morgan fingerprint density at radius 3 is 1.56 bits per heavy atom. The van der Waals surface area contributed by atoms with Gasteiger partial charge in [-0.25, -0.2) is 21.6 Å². The lowest BCUT2D eigenvalue weighted by atomic mass is 10.1. The SMILES string of the molecule is CCc1ccccc1Oc1ccccc1S(=O)(=O)Cl.CCc1ccccc1Oc1ccccc1S(=O)(=O)NC(C=O)CC(=O)O. The largest absolute Gasteiger partial charge is 0.481 e. The number of benzene rings is 4. The molecule has 13 heteroatoms. The first-order chi connectivity index (χ1) is 21.4. The Kier molecular flexibility index (Phi) is 12.7. The fourth-order valence-electron chi connectivity index (χ4n) is 4.09. The van der Waals surface area contributed by atoms with Gasteiger partial charge in [-0.3, -0.25) is 4.79 Å². The lowest BCUT2D eigenvalue weighted by Crippen LogP contribution is -2.37. The van der Waals surface area contributed by atoms with Crippen LogP contribution in [-0.4, -0.2) is 40.2 Å². The molecule has 0 aromatic heterocycles. The van der Waals surface area contributed by atoms with Crippen LogP contribution in [0.5, 0.6) is 23.0 Å². The number of halogens is 1. The first-order valence-electron chi connectivity index (χ1n) is 13.7. The van der Waals surface area contributed by atoms with Crippen molar-refractivity contribution in [1.29, 1.82) is 0 Å². The number of hydrogen-bond acceptors (Lipinski definition) is 8. The van der Waals surface area contributed by atoms with Crippen LogP contribution in [0.1, 0.15) is 31.4 Å². The molecule has 1 unspecified atom stereocenters. The van der Waals surface area contributed by atoms with Crippen molar-refractivity contribution in [3.05, 3.63) is 108 Å². The molecule has 0 heterocycles. The molecule has 0 amide bonds. The number of para-hydroxylation sites is 4. The Morgan fingerprint density at radius 1 is 0.733 bits per heavy atom. The van der Waals surface area contributed by atoms with Crippen LogP contribution in [0.4, 0.5) is 0 Å². The van der Waals surface area contributed by atoms with Gasteiger partial charge in [0.2, 0.25) is 10.0 Å². The summed E-state index contributed by atoms with van der Waals surface area (Å²) in [4.78, 5) is 21.5. The van der Waals surface area contributed by atoms with E-state index in [0.717, 1.165) is 17.5 Å². The van der Waals surface area contributed by atoms with Crippen molar-refractivity contribution in [2.75, 3.05) is 0 Å². The van der Waals surface area contributed by atoms with Crippen LogP contribution in [0.2, 0.25) is 0 Å². The molecule has 0 aliphatic rings. The number of hydrogen-bond donors (Lipinski definition) is 2. The minimum Gasteiger partial charge on any atom is -0.481 e. The summed E-state index contributed by atoms with van der Waals surface area (Å²) < 4.78 is 61.8. The van der Waals surface area contributed by atoms with Gasteiger partial charge in [0, 0.05) is 10.7 Å². The summed E-state index contributed by atoms with van der Waals surface area (Å²) in [5.74, 6) is 0.193. The summed E-state index contributed by atoms with van der Waals surface area (Å²) in [6.07, 6.45) is 1.10. The molecular formula is C32H32ClNO9S2. The lowest BCUT2D eigenvalue weighted by molar-refractivity contribution is -0.138. The maximum absolute atomic E-state index is 12.6. The van der Waals surface area contributed by atoms with E-state index in [4.69, 9.17) is 25.3 Å². The summed E-state index contributed by atoms with van der Waals surface area (Å²) in [6.45, 7) is 3.96. The molecule has 0 bridgehead atoms. The Morgan fingerprint density at radius 2 is 1.13 bits per heavy atom. The number of aliphatic carboxylic acids is 1. The number of carboxylic acids is 1. The predicted molar refractivity (Wildman–Crippen MR) is 170 cm³/mol. The van der Waals surface area contributed by atoms with E-state index in [9.17, 15) is 26.4 Å². The molecule has 238 valence electrons. The number of carbonyl (C=O) groups is 2. The van der Waals surface area contributed by atoms with Crippen LogP contribution in [0.15, 0.2) is 107 Å². The molecular weight excluding hydrogens is 642 g/mol. The van der Waals surface area contributed by atoms with Crippen LogP contribution in [0.3, 0.4) is 0 Å². The molecule has 1 atom stereocenters. The number of carbonyl (C=O) groups excluding carboxylic acids is 1. The average Bonchev–Trinajstić information content (AvgIpc) is 3.01. The minimum absolute atomic E-state index is 0.0254. The summed E-state index contributed by atoms with van der Waals surface area (Å²) >= 11 is 0. The molecule has 0 saturated carbocycles. The number of rotatable bonds is 13. The second-order valence-corrected chi connectivity index (χ2v) is 13.6. The smallest absolute Gasteiger partial charge is 0.305 e. The normalized spacial score (nSPS) is 11.9. The molecule has 45 heavy (non-hydrogen) atoms. The monoisotopic (exact) mass is 673 g/mol. The van der Waals surface area contributed by atoms with Gasteiger partial charge in [-0.05, 0) is 60.4 Å². The number of aryl methyl sites for hydroxylation is 2. The molecule has 10 nitrogen and oxygen atoms in total. The highest BCUT2D eigenvalue weighted by atomic mass is 35.7. The molecule has 4 rings (SSSR count). The van der Waals surface area contributed by atoms with E-state index >= 15 is 0 Å². The van der Waals surface area contributed by atoms with E-state index in [1.165, 1.54) is 24.3 Å². The lowest BCUT2D eigenvalue weighted by Gasteiger charge is -2.16. The van der Waals surface area contributed by atoms with E-state index < -0.39 is 37.5 Å². The molecule has 0 aliphatic carbocycles. The van der Waals surface area contributed by atoms with Crippen molar-refractivity contribution in [1.82, 2.24) is 4.72 Å². The summed E-state index contributed by atoms with van der Waals surface area (Å²) in [6, 6.07) is 25.6. The summed E-state index contributed by atoms with van der Waals surface area (Å²) in [5, 5.41) is 8.77. The predicted octanol–water partition coefficient (Wildman–Crippen LogP) is 6.33. The zero-order chi connectivity index (χ0) is 33.0. The molecule has 4 aromatic rings. The fourth-order valence-corrected chi connectivity index (χ4v) is 6.36. The van der Waals surface area contributed by atoms with Crippen molar-refractivity contribution < 1.29 is 41.0 Å². The van der Waals surface area contributed by atoms with E-state index in [0.29, 0.717) is 17.9 Å². The van der Waals surface area contributed by atoms with Crippen molar-refractivity contribution in [3.8, 4) is 23.0 Å². The maximum Gasteiger partial charge on any atom is 0.305 e. The van der Waals surface area contributed by atoms with Crippen molar-refractivity contribution in [2.45, 2.75) is 48.9 Å². The number of sulfonamides is 1.